The van der Waals surface area contributed by atoms with Crippen LogP contribution in [0.25, 0.3) is 0 Å². The van der Waals surface area contributed by atoms with E-state index in [1.54, 1.807) is 6.92 Å². The molecule has 156 valence electrons. The number of guanidine groups is 1. The summed E-state index contributed by atoms with van der Waals surface area (Å²) in [5.74, 6) is 1.07. The largest absolute Gasteiger partial charge is 0.382 e. The average Bonchev–Trinajstić information content (AvgIpc) is 3.14. The second-order valence-corrected chi connectivity index (χ2v) is 7.85. The molecule has 1 heterocycles. The van der Waals surface area contributed by atoms with Crippen molar-refractivity contribution < 1.29 is 9.53 Å². The zero-order valence-corrected chi connectivity index (χ0v) is 17.6. The van der Waals surface area contributed by atoms with Crippen LogP contribution in [0.4, 0.5) is 0 Å². The number of ether oxygens (including phenoxy) is 1. The third kappa shape index (κ3) is 7.30. The molecule has 0 unspecified atom stereocenters. The molecular formula is C20H39N5O2. The van der Waals surface area contributed by atoms with Crippen molar-refractivity contribution in [3.8, 4) is 0 Å². The highest BCUT2D eigenvalue weighted by molar-refractivity contribution is 5.79. The van der Waals surface area contributed by atoms with Gasteiger partial charge < -0.3 is 20.3 Å². The van der Waals surface area contributed by atoms with Crippen LogP contribution < -0.4 is 10.6 Å². The lowest BCUT2D eigenvalue weighted by Crippen LogP contribution is -2.50. The maximum Gasteiger partial charge on any atom is 0.219 e. The second kappa shape index (κ2) is 11.5. The van der Waals surface area contributed by atoms with E-state index in [1.165, 1.54) is 25.7 Å². The van der Waals surface area contributed by atoms with E-state index >= 15 is 0 Å². The highest BCUT2D eigenvalue weighted by Gasteiger charge is 2.33. The summed E-state index contributed by atoms with van der Waals surface area (Å²) in [6.07, 6.45) is 6.35. The number of rotatable bonds is 9. The van der Waals surface area contributed by atoms with Gasteiger partial charge in [-0.15, -0.1) is 0 Å². The number of amides is 1. The van der Waals surface area contributed by atoms with Crippen LogP contribution in [0.1, 0.15) is 46.0 Å². The summed E-state index contributed by atoms with van der Waals surface area (Å²) >= 11 is 0. The summed E-state index contributed by atoms with van der Waals surface area (Å²) < 4.78 is 5.60. The molecule has 0 atom stereocenters. The fraction of sp³-hybridized carbons (Fsp3) is 0.900. The van der Waals surface area contributed by atoms with Gasteiger partial charge in [0.05, 0.1) is 0 Å². The summed E-state index contributed by atoms with van der Waals surface area (Å²) in [6.45, 7) is 11.8. The number of hydrogen-bond donors (Lipinski definition) is 2. The van der Waals surface area contributed by atoms with Gasteiger partial charge in [-0.1, -0.05) is 12.8 Å². The summed E-state index contributed by atoms with van der Waals surface area (Å²) in [6, 6.07) is 0. The Morgan fingerprint density at radius 1 is 1.15 bits per heavy atom. The molecule has 7 nitrogen and oxygen atoms in total. The van der Waals surface area contributed by atoms with Gasteiger partial charge in [-0.2, -0.15) is 0 Å². The van der Waals surface area contributed by atoms with Crippen LogP contribution in [0.15, 0.2) is 4.99 Å². The minimum atomic E-state index is 0.183. The van der Waals surface area contributed by atoms with Gasteiger partial charge in [-0.25, -0.2) is 0 Å². The number of hydrogen-bond acceptors (Lipinski definition) is 4. The highest BCUT2D eigenvalue weighted by atomic mass is 16.5. The zero-order valence-electron chi connectivity index (χ0n) is 17.6. The number of nitrogens with zero attached hydrogens (tertiary/aromatic N) is 3. The Balaban J connectivity index is 1.67. The lowest BCUT2D eigenvalue weighted by atomic mass is 9.83. The molecule has 27 heavy (non-hydrogen) atoms. The van der Waals surface area contributed by atoms with Gasteiger partial charge in [0.1, 0.15) is 0 Å². The van der Waals surface area contributed by atoms with Crippen molar-refractivity contribution in [1.82, 2.24) is 20.4 Å². The van der Waals surface area contributed by atoms with Crippen molar-refractivity contribution in [2.24, 2.45) is 10.4 Å². The predicted octanol–water partition coefficient (Wildman–Crippen LogP) is 1.30. The van der Waals surface area contributed by atoms with E-state index in [1.807, 2.05) is 11.9 Å². The fourth-order valence-electron chi connectivity index (χ4n) is 4.18. The van der Waals surface area contributed by atoms with Crippen LogP contribution in [-0.4, -0.2) is 87.7 Å². The van der Waals surface area contributed by atoms with Crippen LogP contribution in [-0.2, 0) is 9.53 Å². The number of piperazine rings is 1. The molecule has 0 aromatic heterocycles. The maximum absolute atomic E-state index is 11.4. The predicted molar refractivity (Wildman–Crippen MR) is 110 cm³/mol. The van der Waals surface area contributed by atoms with Crippen molar-refractivity contribution in [2.45, 2.75) is 46.0 Å². The SMILES string of the molecule is CCOCCC1(CNC(=NC)NCCN2CCN(C(C)=O)CC2)CCCC1. The number of carbonyl (C=O) groups excluding carboxylic acids is 1. The molecular weight excluding hydrogens is 342 g/mol. The molecule has 0 bridgehead atoms. The first-order chi connectivity index (χ1) is 13.1. The fourth-order valence-corrected chi connectivity index (χ4v) is 4.18. The molecule has 0 aromatic rings. The molecule has 1 aliphatic carbocycles. The summed E-state index contributed by atoms with van der Waals surface area (Å²) in [4.78, 5) is 20.1. The lowest BCUT2D eigenvalue weighted by molar-refractivity contribution is -0.130. The van der Waals surface area contributed by atoms with Crippen LogP contribution in [0.5, 0.6) is 0 Å². The van der Waals surface area contributed by atoms with Gasteiger partial charge in [0.15, 0.2) is 5.96 Å². The van der Waals surface area contributed by atoms with E-state index in [4.69, 9.17) is 4.74 Å². The Bertz CT molecular complexity index is 469. The van der Waals surface area contributed by atoms with Crippen LogP contribution >= 0.6 is 0 Å². The van der Waals surface area contributed by atoms with E-state index in [0.29, 0.717) is 5.41 Å². The summed E-state index contributed by atoms with van der Waals surface area (Å²) in [5, 5.41) is 7.00. The van der Waals surface area contributed by atoms with Crippen molar-refractivity contribution >= 4 is 11.9 Å². The number of nitrogens with one attached hydrogen (secondary N) is 2. The normalized spacial score (nSPS) is 20.7. The molecule has 0 aromatic carbocycles. The molecule has 2 N–H and O–H groups in total. The highest BCUT2D eigenvalue weighted by Crippen LogP contribution is 2.40. The van der Waals surface area contributed by atoms with E-state index in [2.05, 4.69) is 27.4 Å². The van der Waals surface area contributed by atoms with E-state index in [9.17, 15) is 4.79 Å². The Morgan fingerprint density at radius 3 is 2.44 bits per heavy atom. The smallest absolute Gasteiger partial charge is 0.219 e. The van der Waals surface area contributed by atoms with Crippen molar-refractivity contribution in [2.75, 3.05) is 66.1 Å². The first-order valence-corrected chi connectivity index (χ1v) is 10.6. The quantitative estimate of drug-likeness (QED) is 0.358. The lowest BCUT2D eigenvalue weighted by Gasteiger charge is -2.34. The molecule has 1 saturated carbocycles. The molecule has 2 fully saturated rings. The Morgan fingerprint density at radius 2 is 1.85 bits per heavy atom. The van der Waals surface area contributed by atoms with Crippen molar-refractivity contribution in [3.63, 3.8) is 0 Å². The molecule has 2 aliphatic rings. The minimum absolute atomic E-state index is 0.183. The number of carbonyl (C=O) groups is 1. The minimum Gasteiger partial charge on any atom is -0.382 e. The standard InChI is InChI=1S/C20H39N5O2/c1-4-27-16-9-20(7-5-6-8-20)17-23-19(21-3)22-10-11-24-12-14-25(15-13-24)18(2)26/h4-17H2,1-3H3,(H2,21,22,23). The first kappa shape index (κ1) is 22.0. The molecule has 7 heteroatoms. The van der Waals surface area contributed by atoms with Gasteiger partial charge in [-0.05, 0) is 31.6 Å². The van der Waals surface area contributed by atoms with Crippen molar-refractivity contribution in [1.29, 1.82) is 0 Å². The van der Waals surface area contributed by atoms with Gasteiger partial charge in [-0.3, -0.25) is 14.7 Å². The van der Waals surface area contributed by atoms with Crippen molar-refractivity contribution in [3.05, 3.63) is 0 Å². The second-order valence-electron chi connectivity index (χ2n) is 7.85. The zero-order chi connectivity index (χ0) is 19.5. The van der Waals surface area contributed by atoms with E-state index in [0.717, 1.165) is 71.4 Å². The molecule has 1 amide bonds. The number of aliphatic imine (C=N–C) groups is 1. The molecule has 0 spiro atoms. The van der Waals surface area contributed by atoms with E-state index in [-0.39, 0.29) is 5.91 Å². The van der Waals surface area contributed by atoms with Crippen LogP contribution in [0.2, 0.25) is 0 Å². The van der Waals surface area contributed by atoms with E-state index < -0.39 is 0 Å². The van der Waals surface area contributed by atoms with Gasteiger partial charge in [0.2, 0.25) is 5.91 Å². The Labute approximate surface area is 164 Å². The third-order valence-electron chi connectivity index (χ3n) is 6.04. The van der Waals surface area contributed by atoms with Crippen LogP contribution in [0.3, 0.4) is 0 Å². The van der Waals surface area contributed by atoms with Gasteiger partial charge in [0.25, 0.3) is 0 Å². The van der Waals surface area contributed by atoms with Gasteiger partial charge >= 0.3 is 0 Å². The average molecular weight is 382 g/mol. The molecule has 2 rings (SSSR count). The molecule has 1 aliphatic heterocycles. The first-order valence-electron chi connectivity index (χ1n) is 10.6. The molecule has 0 radical (unpaired) electrons. The summed E-state index contributed by atoms with van der Waals surface area (Å²) in [5.41, 5.74) is 0.357. The summed E-state index contributed by atoms with van der Waals surface area (Å²) in [7, 11) is 1.84. The van der Waals surface area contributed by atoms with Crippen LogP contribution in [0, 0.1) is 5.41 Å². The Hall–Kier alpha value is -1.34. The monoisotopic (exact) mass is 381 g/mol. The maximum atomic E-state index is 11.4. The Kier molecular flexibility index (Phi) is 9.34. The van der Waals surface area contributed by atoms with Gasteiger partial charge in [0, 0.05) is 73.0 Å². The molecule has 1 saturated heterocycles. The topological polar surface area (TPSA) is 69.2 Å². The third-order valence-corrected chi connectivity index (χ3v) is 6.04.